The maximum atomic E-state index is 8.73. The standard InChI is InChI=1S/C12H20N2O/c1-10(6-5-9-15)14-11(2)12-7-3-4-8-13-12/h3-4,7-8,10-11,14-15H,5-6,9H2,1-2H3. The van der Waals surface area contributed by atoms with Gasteiger partial charge in [0.2, 0.25) is 0 Å². The summed E-state index contributed by atoms with van der Waals surface area (Å²) in [7, 11) is 0. The number of nitrogens with zero attached hydrogens (tertiary/aromatic N) is 1. The molecule has 1 rings (SSSR count). The lowest BCUT2D eigenvalue weighted by molar-refractivity contribution is 0.274. The molecular formula is C12H20N2O. The smallest absolute Gasteiger partial charge is 0.0570 e. The predicted octanol–water partition coefficient (Wildman–Crippen LogP) is 1.89. The molecule has 0 spiro atoms. The highest BCUT2D eigenvalue weighted by Crippen LogP contribution is 2.10. The normalized spacial score (nSPS) is 14.9. The van der Waals surface area contributed by atoms with E-state index < -0.39 is 0 Å². The second-order valence-electron chi connectivity index (χ2n) is 3.91. The van der Waals surface area contributed by atoms with Crippen LogP contribution in [0.4, 0.5) is 0 Å². The highest BCUT2D eigenvalue weighted by atomic mass is 16.2. The van der Waals surface area contributed by atoms with E-state index in [9.17, 15) is 0 Å². The van der Waals surface area contributed by atoms with Gasteiger partial charge in [0.25, 0.3) is 0 Å². The van der Waals surface area contributed by atoms with Gasteiger partial charge in [0.1, 0.15) is 0 Å². The van der Waals surface area contributed by atoms with E-state index in [4.69, 9.17) is 5.11 Å². The quantitative estimate of drug-likeness (QED) is 0.750. The van der Waals surface area contributed by atoms with E-state index >= 15 is 0 Å². The van der Waals surface area contributed by atoms with Crippen LogP contribution in [0.1, 0.15) is 38.4 Å². The van der Waals surface area contributed by atoms with Gasteiger partial charge in [-0.2, -0.15) is 0 Å². The van der Waals surface area contributed by atoms with Gasteiger partial charge in [-0.05, 0) is 38.8 Å². The largest absolute Gasteiger partial charge is 0.396 e. The molecule has 1 aromatic rings. The summed E-state index contributed by atoms with van der Waals surface area (Å²) in [4.78, 5) is 4.30. The zero-order valence-corrected chi connectivity index (χ0v) is 9.48. The highest BCUT2D eigenvalue weighted by Gasteiger charge is 2.09. The fraction of sp³-hybridized carbons (Fsp3) is 0.583. The molecule has 0 aromatic carbocycles. The average Bonchev–Trinajstić information content (AvgIpc) is 2.27. The van der Waals surface area contributed by atoms with Crippen molar-refractivity contribution < 1.29 is 5.11 Å². The van der Waals surface area contributed by atoms with E-state index in [1.54, 1.807) is 0 Å². The zero-order valence-electron chi connectivity index (χ0n) is 9.48. The number of aromatic nitrogens is 1. The lowest BCUT2D eigenvalue weighted by atomic mass is 10.1. The number of rotatable bonds is 6. The van der Waals surface area contributed by atoms with Crippen LogP contribution in [-0.2, 0) is 0 Å². The molecule has 0 radical (unpaired) electrons. The molecule has 0 saturated carbocycles. The molecule has 2 atom stereocenters. The maximum absolute atomic E-state index is 8.73. The Morgan fingerprint density at radius 2 is 2.20 bits per heavy atom. The molecule has 15 heavy (non-hydrogen) atoms. The Morgan fingerprint density at radius 3 is 2.80 bits per heavy atom. The third-order valence-corrected chi connectivity index (χ3v) is 2.46. The molecule has 0 saturated heterocycles. The number of aliphatic hydroxyl groups is 1. The van der Waals surface area contributed by atoms with Gasteiger partial charge >= 0.3 is 0 Å². The highest BCUT2D eigenvalue weighted by molar-refractivity contribution is 5.07. The second-order valence-corrected chi connectivity index (χ2v) is 3.91. The predicted molar refractivity (Wildman–Crippen MR) is 61.6 cm³/mol. The minimum atomic E-state index is 0.264. The molecule has 0 fully saturated rings. The van der Waals surface area contributed by atoms with Gasteiger partial charge in [-0.1, -0.05) is 6.07 Å². The molecular weight excluding hydrogens is 188 g/mol. The number of nitrogens with one attached hydrogen (secondary N) is 1. The Bertz CT molecular complexity index is 264. The van der Waals surface area contributed by atoms with Crippen LogP contribution in [0.2, 0.25) is 0 Å². The third kappa shape index (κ3) is 4.40. The summed E-state index contributed by atoms with van der Waals surface area (Å²) < 4.78 is 0. The molecule has 1 aromatic heterocycles. The monoisotopic (exact) mass is 208 g/mol. The lowest BCUT2D eigenvalue weighted by Gasteiger charge is -2.19. The third-order valence-electron chi connectivity index (χ3n) is 2.46. The summed E-state index contributed by atoms with van der Waals surface area (Å²) in [5.41, 5.74) is 1.06. The maximum Gasteiger partial charge on any atom is 0.0570 e. The summed E-state index contributed by atoms with van der Waals surface area (Å²) >= 11 is 0. The Kier molecular flexibility index (Phi) is 5.29. The molecule has 84 valence electrons. The van der Waals surface area contributed by atoms with Gasteiger partial charge in [-0.15, -0.1) is 0 Å². The molecule has 0 aliphatic heterocycles. The first-order valence-electron chi connectivity index (χ1n) is 5.52. The van der Waals surface area contributed by atoms with E-state index in [1.165, 1.54) is 0 Å². The van der Waals surface area contributed by atoms with E-state index in [0.717, 1.165) is 18.5 Å². The molecule has 0 aliphatic carbocycles. The zero-order chi connectivity index (χ0) is 11.1. The van der Waals surface area contributed by atoms with Crippen molar-refractivity contribution in [1.29, 1.82) is 0 Å². The van der Waals surface area contributed by atoms with Crippen molar-refractivity contribution >= 4 is 0 Å². The van der Waals surface area contributed by atoms with Gasteiger partial charge in [0.05, 0.1) is 5.69 Å². The Morgan fingerprint density at radius 1 is 1.40 bits per heavy atom. The van der Waals surface area contributed by atoms with E-state index in [0.29, 0.717) is 6.04 Å². The van der Waals surface area contributed by atoms with Crippen molar-refractivity contribution in [2.75, 3.05) is 6.61 Å². The van der Waals surface area contributed by atoms with Crippen LogP contribution in [0.15, 0.2) is 24.4 Å². The summed E-state index contributed by atoms with van der Waals surface area (Å²) in [5.74, 6) is 0. The van der Waals surface area contributed by atoms with E-state index in [2.05, 4.69) is 24.1 Å². The van der Waals surface area contributed by atoms with Crippen LogP contribution < -0.4 is 5.32 Å². The molecule has 3 nitrogen and oxygen atoms in total. The molecule has 0 bridgehead atoms. The van der Waals surface area contributed by atoms with Gasteiger partial charge in [-0.25, -0.2) is 0 Å². The van der Waals surface area contributed by atoms with Crippen LogP contribution in [0.3, 0.4) is 0 Å². The van der Waals surface area contributed by atoms with Crippen LogP contribution in [0, 0.1) is 0 Å². The molecule has 0 aliphatic rings. The van der Waals surface area contributed by atoms with Crippen LogP contribution in [0.25, 0.3) is 0 Å². The Balaban J connectivity index is 2.38. The Hall–Kier alpha value is -0.930. The molecule has 2 N–H and O–H groups in total. The van der Waals surface area contributed by atoms with Gasteiger partial charge in [0, 0.05) is 24.9 Å². The van der Waals surface area contributed by atoms with Crippen molar-refractivity contribution in [3.8, 4) is 0 Å². The van der Waals surface area contributed by atoms with Crippen molar-refractivity contribution in [1.82, 2.24) is 10.3 Å². The summed E-state index contributed by atoms with van der Waals surface area (Å²) in [6, 6.07) is 6.62. The molecule has 1 heterocycles. The fourth-order valence-electron chi connectivity index (χ4n) is 1.63. The van der Waals surface area contributed by atoms with Gasteiger partial charge in [0.15, 0.2) is 0 Å². The summed E-state index contributed by atoms with van der Waals surface area (Å²) in [6.45, 7) is 4.51. The molecule has 2 unspecified atom stereocenters. The number of hydrogen-bond donors (Lipinski definition) is 2. The second kappa shape index (κ2) is 6.53. The van der Waals surface area contributed by atoms with Crippen LogP contribution >= 0.6 is 0 Å². The van der Waals surface area contributed by atoms with Gasteiger partial charge in [-0.3, -0.25) is 4.98 Å². The first-order chi connectivity index (χ1) is 7.24. The first-order valence-corrected chi connectivity index (χ1v) is 5.52. The van der Waals surface area contributed by atoms with Crippen molar-refractivity contribution in [3.05, 3.63) is 30.1 Å². The number of hydrogen-bond acceptors (Lipinski definition) is 3. The minimum Gasteiger partial charge on any atom is -0.396 e. The topological polar surface area (TPSA) is 45.1 Å². The summed E-state index contributed by atoms with van der Waals surface area (Å²) in [5, 5.41) is 12.2. The average molecular weight is 208 g/mol. The van der Waals surface area contributed by atoms with Crippen molar-refractivity contribution in [2.45, 2.75) is 38.8 Å². The Labute approximate surface area is 91.5 Å². The first kappa shape index (κ1) is 12.1. The number of aliphatic hydroxyl groups excluding tert-OH is 1. The molecule has 3 heteroatoms. The van der Waals surface area contributed by atoms with E-state index in [-0.39, 0.29) is 12.6 Å². The number of pyridine rings is 1. The van der Waals surface area contributed by atoms with Crippen molar-refractivity contribution in [2.24, 2.45) is 0 Å². The minimum absolute atomic E-state index is 0.264. The molecule has 0 amide bonds. The van der Waals surface area contributed by atoms with Crippen molar-refractivity contribution in [3.63, 3.8) is 0 Å². The van der Waals surface area contributed by atoms with Gasteiger partial charge < -0.3 is 10.4 Å². The van der Waals surface area contributed by atoms with E-state index in [1.807, 2.05) is 24.4 Å². The lowest BCUT2D eigenvalue weighted by Crippen LogP contribution is -2.29. The van der Waals surface area contributed by atoms with Crippen LogP contribution in [-0.4, -0.2) is 22.7 Å². The fourth-order valence-corrected chi connectivity index (χ4v) is 1.63. The SMILES string of the molecule is CC(CCCO)NC(C)c1ccccn1. The summed E-state index contributed by atoms with van der Waals surface area (Å²) in [6.07, 6.45) is 3.66. The van der Waals surface area contributed by atoms with Crippen LogP contribution in [0.5, 0.6) is 0 Å².